The smallest absolute Gasteiger partial charge is 0.307 e. The van der Waals surface area contributed by atoms with Gasteiger partial charge in [-0.05, 0) is 13.3 Å². The van der Waals surface area contributed by atoms with Gasteiger partial charge in [0, 0.05) is 6.54 Å². The van der Waals surface area contributed by atoms with Crippen LogP contribution in [-0.4, -0.2) is 38.4 Å². The van der Waals surface area contributed by atoms with E-state index < -0.39 is 11.0 Å². The van der Waals surface area contributed by atoms with Gasteiger partial charge in [0.15, 0.2) is 0 Å². The van der Waals surface area contributed by atoms with Gasteiger partial charge in [0.1, 0.15) is 18.9 Å². The first kappa shape index (κ1) is 13.1. The van der Waals surface area contributed by atoms with Crippen molar-refractivity contribution in [1.29, 1.82) is 0 Å². The maximum atomic E-state index is 11.3. The maximum Gasteiger partial charge on any atom is 0.307 e. The number of carbonyl (C=O) groups is 1. The van der Waals surface area contributed by atoms with Gasteiger partial charge in [-0.1, -0.05) is 0 Å². The highest BCUT2D eigenvalue weighted by molar-refractivity contribution is 5.75. The summed E-state index contributed by atoms with van der Waals surface area (Å²) in [5.41, 5.74) is -0.151. The van der Waals surface area contributed by atoms with Crippen molar-refractivity contribution in [3.63, 3.8) is 0 Å². The fourth-order valence-electron chi connectivity index (χ4n) is 1.16. The van der Waals surface area contributed by atoms with Crippen LogP contribution in [0.2, 0.25) is 0 Å². The second-order valence-electron chi connectivity index (χ2n) is 3.64. The summed E-state index contributed by atoms with van der Waals surface area (Å²) in [7, 11) is 0. The van der Waals surface area contributed by atoms with Crippen LogP contribution in [-0.2, 0) is 11.3 Å². The first-order valence-electron chi connectivity index (χ1n) is 5.10. The molecule has 0 saturated carbocycles. The number of aliphatic hydroxyl groups is 1. The Morgan fingerprint density at radius 2 is 2.47 bits per heavy atom. The first-order chi connectivity index (χ1) is 7.99. The molecule has 8 heteroatoms. The number of amides is 1. The second-order valence-corrected chi connectivity index (χ2v) is 3.64. The summed E-state index contributed by atoms with van der Waals surface area (Å²) in [5, 5.41) is 25.6. The molecule has 1 atom stereocenters. The van der Waals surface area contributed by atoms with Crippen molar-refractivity contribution in [3.05, 3.63) is 22.5 Å². The molecule has 17 heavy (non-hydrogen) atoms. The van der Waals surface area contributed by atoms with Crippen molar-refractivity contribution in [2.24, 2.45) is 0 Å². The Bertz CT molecular complexity index is 401. The largest absolute Gasteiger partial charge is 0.393 e. The summed E-state index contributed by atoms with van der Waals surface area (Å²) in [4.78, 5) is 21.1. The Morgan fingerprint density at radius 3 is 3.00 bits per heavy atom. The number of nitrogens with zero attached hydrogens (tertiary/aromatic N) is 3. The number of rotatable bonds is 6. The van der Waals surface area contributed by atoms with Crippen LogP contribution in [0.15, 0.2) is 12.4 Å². The van der Waals surface area contributed by atoms with Crippen molar-refractivity contribution in [3.8, 4) is 0 Å². The van der Waals surface area contributed by atoms with E-state index in [2.05, 4.69) is 10.4 Å². The van der Waals surface area contributed by atoms with Crippen molar-refractivity contribution in [1.82, 2.24) is 15.1 Å². The molecular weight excluding hydrogens is 228 g/mol. The standard InChI is InChI=1S/C9H14N4O4/c1-7(14)2-3-10-9(15)6-12-5-8(4-11-12)13(16)17/h4-5,7,14H,2-3,6H2,1H3,(H,10,15). The zero-order valence-electron chi connectivity index (χ0n) is 9.37. The van der Waals surface area contributed by atoms with Crippen LogP contribution in [0, 0.1) is 10.1 Å². The average Bonchev–Trinajstić information content (AvgIpc) is 2.65. The number of nitrogens with one attached hydrogen (secondary N) is 1. The molecule has 0 fully saturated rings. The third-order valence-electron chi connectivity index (χ3n) is 2.02. The van der Waals surface area contributed by atoms with Crippen LogP contribution in [0.4, 0.5) is 5.69 Å². The molecule has 0 radical (unpaired) electrons. The Hall–Kier alpha value is -1.96. The van der Waals surface area contributed by atoms with E-state index in [4.69, 9.17) is 5.11 Å². The zero-order valence-corrected chi connectivity index (χ0v) is 9.37. The molecule has 0 bridgehead atoms. The Kier molecular flexibility index (Phi) is 4.58. The number of aromatic nitrogens is 2. The quantitative estimate of drug-likeness (QED) is 0.524. The van der Waals surface area contributed by atoms with Crippen LogP contribution < -0.4 is 5.32 Å². The topological polar surface area (TPSA) is 110 Å². The molecule has 0 saturated heterocycles. The van der Waals surface area contributed by atoms with Gasteiger partial charge >= 0.3 is 5.69 Å². The van der Waals surface area contributed by atoms with E-state index in [0.717, 1.165) is 6.20 Å². The molecule has 0 aliphatic rings. The molecular formula is C9H14N4O4. The monoisotopic (exact) mass is 242 g/mol. The summed E-state index contributed by atoms with van der Waals surface area (Å²) in [5.74, 6) is -0.302. The molecule has 1 aromatic rings. The molecule has 0 aliphatic heterocycles. The lowest BCUT2D eigenvalue weighted by atomic mass is 10.3. The molecule has 8 nitrogen and oxygen atoms in total. The van der Waals surface area contributed by atoms with Crippen LogP contribution >= 0.6 is 0 Å². The van der Waals surface area contributed by atoms with Gasteiger partial charge in [0.05, 0.1) is 11.0 Å². The van der Waals surface area contributed by atoms with Crippen LogP contribution in [0.25, 0.3) is 0 Å². The maximum absolute atomic E-state index is 11.3. The fraction of sp³-hybridized carbons (Fsp3) is 0.556. The van der Waals surface area contributed by atoms with E-state index in [0.29, 0.717) is 13.0 Å². The SMILES string of the molecule is CC(O)CCNC(=O)Cn1cc([N+](=O)[O-])cn1. The van der Waals surface area contributed by atoms with Crippen LogP contribution in [0.5, 0.6) is 0 Å². The van der Waals surface area contributed by atoms with Crippen molar-refractivity contribution >= 4 is 11.6 Å². The highest BCUT2D eigenvalue weighted by atomic mass is 16.6. The van der Waals surface area contributed by atoms with Gasteiger partial charge in [0.25, 0.3) is 0 Å². The molecule has 0 aliphatic carbocycles. The predicted octanol–water partition coefficient (Wildman–Crippen LogP) is -0.322. The van der Waals surface area contributed by atoms with E-state index in [1.54, 1.807) is 6.92 Å². The van der Waals surface area contributed by atoms with Gasteiger partial charge in [0.2, 0.25) is 5.91 Å². The van der Waals surface area contributed by atoms with E-state index in [9.17, 15) is 14.9 Å². The number of aliphatic hydroxyl groups excluding tert-OH is 1. The second kappa shape index (κ2) is 5.94. The summed E-state index contributed by atoms with van der Waals surface area (Å²) in [6.45, 7) is 1.91. The minimum absolute atomic E-state index is 0.0757. The van der Waals surface area contributed by atoms with Crippen LogP contribution in [0.3, 0.4) is 0 Å². The normalized spacial score (nSPS) is 12.1. The van der Waals surface area contributed by atoms with Gasteiger partial charge in [-0.15, -0.1) is 0 Å². The molecule has 1 heterocycles. The summed E-state index contributed by atoms with van der Waals surface area (Å²) < 4.78 is 1.19. The molecule has 2 N–H and O–H groups in total. The van der Waals surface area contributed by atoms with Gasteiger partial charge < -0.3 is 10.4 Å². The Morgan fingerprint density at radius 1 is 1.76 bits per heavy atom. The third-order valence-corrected chi connectivity index (χ3v) is 2.02. The number of hydrogen-bond donors (Lipinski definition) is 2. The van der Waals surface area contributed by atoms with E-state index in [1.807, 2.05) is 0 Å². The summed E-state index contributed by atoms with van der Waals surface area (Å²) >= 11 is 0. The number of hydrogen-bond acceptors (Lipinski definition) is 5. The lowest BCUT2D eigenvalue weighted by Gasteiger charge is -2.06. The lowest BCUT2D eigenvalue weighted by Crippen LogP contribution is -2.30. The Balaban J connectivity index is 2.37. The van der Waals surface area contributed by atoms with E-state index in [1.165, 1.54) is 10.9 Å². The van der Waals surface area contributed by atoms with Gasteiger partial charge in [-0.25, -0.2) is 0 Å². The van der Waals surface area contributed by atoms with Crippen LogP contribution in [0.1, 0.15) is 13.3 Å². The highest BCUT2D eigenvalue weighted by Gasteiger charge is 2.10. The molecule has 1 amide bonds. The molecule has 1 unspecified atom stereocenters. The van der Waals surface area contributed by atoms with Gasteiger partial charge in [-0.3, -0.25) is 19.6 Å². The Labute approximate surface area is 97.4 Å². The van der Waals surface area contributed by atoms with E-state index >= 15 is 0 Å². The van der Waals surface area contributed by atoms with Gasteiger partial charge in [-0.2, -0.15) is 5.10 Å². The predicted molar refractivity (Wildman–Crippen MR) is 58.2 cm³/mol. The van der Waals surface area contributed by atoms with Crippen molar-refractivity contribution in [2.75, 3.05) is 6.54 Å². The fourth-order valence-corrected chi connectivity index (χ4v) is 1.16. The number of carbonyl (C=O) groups excluding carboxylic acids is 1. The van der Waals surface area contributed by atoms with Crippen molar-refractivity contribution in [2.45, 2.75) is 26.0 Å². The first-order valence-corrected chi connectivity index (χ1v) is 5.10. The van der Waals surface area contributed by atoms with E-state index in [-0.39, 0.29) is 18.1 Å². The molecule has 94 valence electrons. The lowest BCUT2D eigenvalue weighted by molar-refractivity contribution is -0.385. The summed E-state index contributed by atoms with van der Waals surface area (Å²) in [6, 6.07) is 0. The third kappa shape index (κ3) is 4.60. The number of nitro groups is 1. The molecule has 1 rings (SSSR count). The highest BCUT2D eigenvalue weighted by Crippen LogP contribution is 2.07. The zero-order chi connectivity index (χ0) is 12.8. The minimum Gasteiger partial charge on any atom is -0.393 e. The van der Waals surface area contributed by atoms with Crippen molar-refractivity contribution < 1.29 is 14.8 Å². The molecule has 0 aromatic carbocycles. The average molecular weight is 242 g/mol. The molecule has 1 aromatic heterocycles. The molecule has 0 spiro atoms. The minimum atomic E-state index is -0.575. The summed E-state index contributed by atoms with van der Waals surface area (Å²) in [6.07, 6.45) is 2.27.